The van der Waals surface area contributed by atoms with Crippen molar-refractivity contribution in [3.05, 3.63) is 47.5 Å². The molecule has 2 aliphatic rings. The summed E-state index contributed by atoms with van der Waals surface area (Å²) >= 11 is 0. The van der Waals surface area contributed by atoms with Crippen molar-refractivity contribution in [2.75, 3.05) is 25.1 Å². The second-order valence-corrected chi connectivity index (χ2v) is 7.38. The van der Waals surface area contributed by atoms with Crippen molar-refractivity contribution >= 4 is 17.5 Å². The van der Waals surface area contributed by atoms with Gasteiger partial charge in [-0.25, -0.2) is 4.98 Å². The largest absolute Gasteiger partial charge is 0.376 e. The number of carbonyl (C=O) groups excluding carboxylic acids is 2. The standard InChI is InChI=1S/C21H26N4O3/c1-24(15-8-3-2-4-9-15)21(27)19-23-18(17-11-5-6-12-25(17)19)20(26)22-14-16-10-7-13-28-16/h2-4,8-9,16H,5-7,10-14H2,1H3,(H,22,26). The minimum Gasteiger partial charge on any atom is -0.376 e. The molecule has 0 spiro atoms. The SMILES string of the molecule is CN(C(=O)c1nc(C(=O)NCC2CCCO2)c2n1CCCC2)c1ccccc1. The summed E-state index contributed by atoms with van der Waals surface area (Å²) < 4.78 is 7.50. The van der Waals surface area contributed by atoms with Crippen LogP contribution in [0.1, 0.15) is 52.5 Å². The fraction of sp³-hybridized carbons (Fsp3) is 0.476. The molecule has 28 heavy (non-hydrogen) atoms. The zero-order chi connectivity index (χ0) is 19.5. The number of carbonyl (C=O) groups is 2. The molecular formula is C21H26N4O3. The van der Waals surface area contributed by atoms with Gasteiger partial charge in [-0.15, -0.1) is 0 Å². The highest BCUT2D eigenvalue weighted by Crippen LogP contribution is 2.23. The highest BCUT2D eigenvalue weighted by Gasteiger charge is 2.29. The summed E-state index contributed by atoms with van der Waals surface area (Å²) in [6.45, 7) is 1.95. The van der Waals surface area contributed by atoms with E-state index in [4.69, 9.17) is 4.74 Å². The molecule has 1 saturated heterocycles. The van der Waals surface area contributed by atoms with Crippen LogP contribution in [0.5, 0.6) is 0 Å². The van der Waals surface area contributed by atoms with Gasteiger partial charge in [-0.2, -0.15) is 0 Å². The number of rotatable bonds is 5. The van der Waals surface area contributed by atoms with Crippen molar-refractivity contribution < 1.29 is 14.3 Å². The van der Waals surface area contributed by atoms with Gasteiger partial charge in [0, 0.05) is 32.4 Å². The lowest BCUT2D eigenvalue weighted by molar-refractivity contribution is 0.0853. The fourth-order valence-electron chi connectivity index (χ4n) is 3.90. The zero-order valence-electron chi connectivity index (χ0n) is 16.2. The number of hydrogen-bond donors (Lipinski definition) is 1. The van der Waals surface area contributed by atoms with Crippen molar-refractivity contribution in [1.82, 2.24) is 14.9 Å². The van der Waals surface area contributed by atoms with E-state index in [1.54, 1.807) is 11.9 Å². The summed E-state index contributed by atoms with van der Waals surface area (Å²) in [6.07, 6.45) is 4.82. The van der Waals surface area contributed by atoms with Crippen LogP contribution in [0.2, 0.25) is 0 Å². The topological polar surface area (TPSA) is 76.5 Å². The molecule has 1 atom stereocenters. The van der Waals surface area contributed by atoms with Crippen molar-refractivity contribution in [3.8, 4) is 0 Å². The number of ether oxygens (including phenoxy) is 1. The first-order chi connectivity index (χ1) is 13.6. The third kappa shape index (κ3) is 3.67. The molecule has 1 aromatic heterocycles. The average Bonchev–Trinajstić information content (AvgIpc) is 3.39. The van der Waals surface area contributed by atoms with Crippen LogP contribution in [0, 0.1) is 0 Å². The predicted molar refractivity (Wildman–Crippen MR) is 106 cm³/mol. The summed E-state index contributed by atoms with van der Waals surface area (Å²) in [5.41, 5.74) is 2.04. The van der Waals surface area contributed by atoms with Crippen LogP contribution in [-0.4, -0.2) is 47.7 Å². The Labute approximate surface area is 164 Å². The molecule has 0 saturated carbocycles. The van der Waals surface area contributed by atoms with Gasteiger partial charge in [0.1, 0.15) is 5.69 Å². The maximum absolute atomic E-state index is 13.1. The smallest absolute Gasteiger partial charge is 0.294 e. The van der Waals surface area contributed by atoms with Crippen LogP contribution in [-0.2, 0) is 17.7 Å². The van der Waals surface area contributed by atoms with Crippen LogP contribution in [0.3, 0.4) is 0 Å². The molecule has 0 bridgehead atoms. The van der Waals surface area contributed by atoms with Crippen LogP contribution >= 0.6 is 0 Å². The molecule has 0 radical (unpaired) electrons. The summed E-state index contributed by atoms with van der Waals surface area (Å²) in [7, 11) is 1.74. The molecular weight excluding hydrogens is 356 g/mol. The van der Waals surface area contributed by atoms with Gasteiger partial charge >= 0.3 is 0 Å². The molecule has 2 aromatic rings. The third-order valence-corrected chi connectivity index (χ3v) is 5.49. The molecule has 1 unspecified atom stereocenters. The molecule has 7 nitrogen and oxygen atoms in total. The summed E-state index contributed by atoms with van der Waals surface area (Å²) in [5.74, 6) is -0.0848. The van der Waals surface area contributed by atoms with E-state index in [2.05, 4.69) is 10.3 Å². The van der Waals surface area contributed by atoms with E-state index in [0.717, 1.165) is 50.1 Å². The van der Waals surface area contributed by atoms with Gasteiger partial charge in [0.25, 0.3) is 11.8 Å². The molecule has 1 fully saturated rings. The summed E-state index contributed by atoms with van der Waals surface area (Å²) in [4.78, 5) is 32.0. The molecule has 1 aromatic carbocycles. The van der Waals surface area contributed by atoms with Gasteiger partial charge in [0.15, 0.2) is 0 Å². The molecule has 4 rings (SSSR count). The first-order valence-electron chi connectivity index (χ1n) is 9.97. The van der Waals surface area contributed by atoms with Crippen molar-refractivity contribution in [3.63, 3.8) is 0 Å². The van der Waals surface area contributed by atoms with Gasteiger partial charge in [-0.3, -0.25) is 9.59 Å². The van der Waals surface area contributed by atoms with Crippen LogP contribution in [0.4, 0.5) is 5.69 Å². The van der Waals surface area contributed by atoms with E-state index in [-0.39, 0.29) is 17.9 Å². The van der Waals surface area contributed by atoms with E-state index in [1.165, 1.54) is 0 Å². The molecule has 2 aliphatic heterocycles. The van der Waals surface area contributed by atoms with E-state index in [1.807, 2.05) is 34.9 Å². The minimum absolute atomic E-state index is 0.0766. The molecule has 2 amide bonds. The number of imidazole rings is 1. The van der Waals surface area contributed by atoms with Crippen LogP contribution < -0.4 is 10.2 Å². The molecule has 7 heteroatoms. The number of aromatic nitrogens is 2. The fourth-order valence-corrected chi connectivity index (χ4v) is 3.90. The van der Waals surface area contributed by atoms with Crippen molar-refractivity contribution in [2.45, 2.75) is 44.8 Å². The van der Waals surface area contributed by atoms with E-state index >= 15 is 0 Å². The van der Waals surface area contributed by atoms with E-state index in [0.29, 0.717) is 24.6 Å². The summed E-state index contributed by atoms with van der Waals surface area (Å²) in [6, 6.07) is 9.46. The van der Waals surface area contributed by atoms with Gasteiger partial charge in [-0.05, 0) is 44.2 Å². The zero-order valence-corrected chi connectivity index (χ0v) is 16.2. The number of para-hydroxylation sites is 1. The van der Waals surface area contributed by atoms with Gasteiger partial charge in [0.05, 0.1) is 11.8 Å². The Morgan fingerprint density at radius 1 is 1.25 bits per heavy atom. The lowest BCUT2D eigenvalue weighted by Crippen LogP contribution is -2.32. The number of anilines is 1. The first kappa shape index (κ1) is 18.7. The molecule has 148 valence electrons. The second kappa shape index (κ2) is 8.14. The van der Waals surface area contributed by atoms with E-state index in [9.17, 15) is 9.59 Å². The number of amides is 2. The molecule has 1 N–H and O–H groups in total. The Kier molecular flexibility index (Phi) is 5.43. The predicted octanol–water partition coefficient (Wildman–Crippen LogP) is 2.40. The Morgan fingerprint density at radius 2 is 2.07 bits per heavy atom. The van der Waals surface area contributed by atoms with E-state index < -0.39 is 0 Å². The molecule has 3 heterocycles. The number of benzene rings is 1. The van der Waals surface area contributed by atoms with Gasteiger partial charge in [0.2, 0.25) is 5.82 Å². The lowest BCUT2D eigenvalue weighted by Gasteiger charge is -2.20. The Bertz CT molecular complexity index is 856. The monoisotopic (exact) mass is 382 g/mol. The maximum atomic E-state index is 13.1. The maximum Gasteiger partial charge on any atom is 0.294 e. The highest BCUT2D eigenvalue weighted by molar-refractivity contribution is 6.05. The summed E-state index contributed by atoms with van der Waals surface area (Å²) in [5, 5.41) is 2.94. The Hall–Kier alpha value is -2.67. The van der Waals surface area contributed by atoms with Gasteiger partial charge in [-0.1, -0.05) is 18.2 Å². The quantitative estimate of drug-likeness (QED) is 0.862. The number of hydrogen-bond acceptors (Lipinski definition) is 4. The number of nitrogens with one attached hydrogen (secondary N) is 1. The highest BCUT2D eigenvalue weighted by atomic mass is 16.5. The average molecular weight is 382 g/mol. The third-order valence-electron chi connectivity index (χ3n) is 5.49. The lowest BCUT2D eigenvalue weighted by atomic mass is 10.1. The Balaban J connectivity index is 1.57. The van der Waals surface area contributed by atoms with Crippen LogP contribution in [0.25, 0.3) is 0 Å². The van der Waals surface area contributed by atoms with Gasteiger partial charge < -0.3 is 19.5 Å². The first-order valence-corrected chi connectivity index (χ1v) is 9.97. The number of fused-ring (bicyclic) bond motifs is 1. The van der Waals surface area contributed by atoms with Crippen LogP contribution in [0.15, 0.2) is 30.3 Å². The number of nitrogens with zero attached hydrogens (tertiary/aromatic N) is 3. The normalized spacial score (nSPS) is 18.5. The van der Waals surface area contributed by atoms with Crippen molar-refractivity contribution in [1.29, 1.82) is 0 Å². The Morgan fingerprint density at radius 3 is 2.82 bits per heavy atom. The molecule has 0 aliphatic carbocycles. The van der Waals surface area contributed by atoms with Crippen molar-refractivity contribution in [2.24, 2.45) is 0 Å². The minimum atomic E-state index is -0.220. The second-order valence-electron chi connectivity index (χ2n) is 7.38.